The molecule has 2 unspecified atom stereocenters. The first-order valence-corrected chi connectivity index (χ1v) is 8.43. The molecule has 3 saturated heterocycles. The van der Waals surface area contributed by atoms with Crippen LogP contribution in [0.3, 0.4) is 0 Å². The van der Waals surface area contributed by atoms with Gasteiger partial charge in [-0.1, -0.05) is 6.07 Å². The number of carbonyl (C=O) groups excluding carboxylic acids is 2. The van der Waals surface area contributed by atoms with E-state index >= 15 is 0 Å². The van der Waals surface area contributed by atoms with Gasteiger partial charge in [0.25, 0.3) is 0 Å². The van der Waals surface area contributed by atoms with Crippen LogP contribution in [-0.2, 0) is 4.79 Å². The van der Waals surface area contributed by atoms with Crippen LogP contribution < -0.4 is 10.2 Å². The van der Waals surface area contributed by atoms with Crippen molar-refractivity contribution in [2.45, 2.75) is 57.2 Å². The molecule has 1 aromatic heterocycles. The molecule has 122 valence electrons. The van der Waals surface area contributed by atoms with Gasteiger partial charge in [0.15, 0.2) is 0 Å². The van der Waals surface area contributed by atoms with Gasteiger partial charge in [-0.15, -0.1) is 0 Å². The number of piperidine rings is 1. The highest BCUT2D eigenvalue weighted by molar-refractivity contribution is 5.96. The number of aromatic nitrogens is 1. The number of nitrogens with zero attached hydrogens (tertiary/aromatic N) is 3. The zero-order valence-corrected chi connectivity index (χ0v) is 13.4. The fraction of sp³-hybridized carbons (Fsp3) is 0.588. The number of fused-ring (bicyclic) bond motifs is 2. The van der Waals surface area contributed by atoms with Crippen molar-refractivity contribution in [1.29, 1.82) is 0 Å². The molecule has 3 amide bonds. The van der Waals surface area contributed by atoms with E-state index in [2.05, 4.69) is 27.3 Å². The minimum Gasteiger partial charge on any atom is -0.350 e. The minimum absolute atomic E-state index is 0.157. The fourth-order valence-corrected chi connectivity index (χ4v) is 4.32. The van der Waals surface area contributed by atoms with Crippen molar-refractivity contribution in [3.63, 3.8) is 0 Å². The Morgan fingerprint density at radius 2 is 1.87 bits per heavy atom. The van der Waals surface area contributed by atoms with Crippen molar-refractivity contribution in [3.8, 4) is 0 Å². The predicted octanol–water partition coefficient (Wildman–Crippen LogP) is 1.83. The maximum absolute atomic E-state index is 12.1. The quantitative estimate of drug-likeness (QED) is 0.904. The number of rotatable bonds is 2. The highest BCUT2D eigenvalue weighted by Crippen LogP contribution is 2.40. The van der Waals surface area contributed by atoms with Crippen molar-refractivity contribution in [2.75, 3.05) is 11.4 Å². The summed E-state index contributed by atoms with van der Waals surface area (Å²) in [5.41, 5.74) is 1.17. The Morgan fingerprint density at radius 1 is 1.13 bits per heavy atom. The Bertz CT molecular complexity index is 616. The number of pyridine rings is 1. The molecule has 3 fully saturated rings. The zero-order chi connectivity index (χ0) is 16.0. The Balaban J connectivity index is 1.50. The van der Waals surface area contributed by atoms with E-state index in [1.165, 1.54) is 5.56 Å². The van der Waals surface area contributed by atoms with Gasteiger partial charge in [-0.2, -0.15) is 0 Å². The number of hydrogen-bond acceptors (Lipinski definition) is 4. The van der Waals surface area contributed by atoms with Gasteiger partial charge in [-0.05, 0) is 44.2 Å². The summed E-state index contributed by atoms with van der Waals surface area (Å²) in [4.78, 5) is 32.3. The lowest BCUT2D eigenvalue weighted by Crippen LogP contribution is -2.58. The maximum Gasteiger partial charge on any atom is 0.324 e. The van der Waals surface area contributed by atoms with Crippen molar-refractivity contribution >= 4 is 17.8 Å². The van der Waals surface area contributed by atoms with Gasteiger partial charge in [-0.25, -0.2) is 9.78 Å². The van der Waals surface area contributed by atoms with Gasteiger partial charge in [0.05, 0.1) is 0 Å². The number of anilines is 1. The van der Waals surface area contributed by atoms with E-state index in [9.17, 15) is 9.59 Å². The third kappa shape index (κ3) is 2.56. The Hall–Kier alpha value is -2.11. The second-order valence-electron chi connectivity index (χ2n) is 6.91. The number of hydrogen-bond donors (Lipinski definition) is 1. The van der Waals surface area contributed by atoms with E-state index in [1.807, 2.05) is 18.0 Å². The number of nitrogens with one attached hydrogen (secondary N) is 1. The fourth-order valence-electron chi connectivity index (χ4n) is 4.32. The van der Waals surface area contributed by atoms with Crippen molar-refractivity contribution < 1.29 is 9.59 Å². The molecule has 0 aliphatic carbocycles. The molecule has 3 aliphatic heterocycles. The number of urea groups is 1. The smallest absolute Gasteiger partial charge is 0.324 e. The molecule has 1 aromatic rings. The number of amides is 3. The summed E-state index contributed by atoms with van der Waals surface area (Å²) in [6.07, 6.45) is 6.59. The van der Waals surface area contributed by atoms with Crippen LogP contribution in [0.5, 0.6) is 0 Å². The van der Waals surface area contributed by atoms with Crippen LogP contribution in [0.25, 0.3) is 0 Å². The topological polar surface area (TPSA) is 65.5 Å². The van der Waals surface area contributed by atoms with Gasteiger partial charge < -0.3 is 9.80 Å². The highest BCUT2D eigenvalue weighted by Gasteiger charge is 2.44. The van der Waals surface area contributed by atoms with Crippen LogP contribution in [0.4, 0.5) is 10.6 Å². The van der Waals surface area contributed by atoms with Crippen molar-refractivity contribution in [1.82, 2.24) is 15.2 Å². The first-order valence-electron chi connectivity index (χ1n) is 8.43. The van der Waals surface area contributed by atoms with Crippen LogP contribution in [0.1, 0.15) is 37.7 Å². The number of aryl methyl sites for hydroxylation is 1. The lowest BCUT2D eigenvalue weighted by molar-refractivity contribution is -0.121. The highest BCUT2D eigenvalue weighted by atomic mass is 16.2. The molecular weight excluding hydrogens is 292 g/mol. The largest absolute Gasteiger partial charge is 0.350 e. The second kappa shape index (κ2) is 5.51. The summed E-state index contributed by atoms with van der Waals surface area (Å²) < 4.78 is 0. The van der Waals surface area contributed by atoms with Gasteiger partial charge >= 0.3 is 6.03 Å². The average molecular weight is 314 g/mol. The monoisotopic (exact) mass is 314 g/mol. The molecule has 2 atom stereocenters. The van der Waals surface area contributed by atoms with Gasteiger partial charge in [0.1, 0.15) is 5.82 Å². The SMILES string of the molecule is Cc1ccc(N2C3CCC2CC(N2CCC(=O)NC2=O)C3)nc1. The lowest BCUT2D eigenvalue weighted by Gasteiger charge is -2.44. The average Bonchev–Trinajstić information content (AvgIpc) is 2.78. The first kappa shape index (κ1) is 14.5. The maximum atomic E-state index is 12.1. The number of carbonyl (C=O) groups is 2. The molecular formula is C17H22N4O2. The molecule has 6 heteroatoms. The van der Waals surface area contributed by atoms with E-state index in [-0.39, 0.29) is 18.0 Å². The Kier molecular flexibility index (Phi) is 3.47. The number of imide groups is 1. The molecule has 0 saturated carbocycles. The van der Waals surface area contributed by atoms with Crippen LogP contribution in [0.15, 0.2) is 18.3 Å². The van der Waals surface area contributed by atoms with Crippen LogP contribution >= 0.6 is 0 Å². The summed E-state index contributed by atoms with van der Waals surface area (Å²) in [5.74, 6) is 0.898. The molecule has 2 bridgehead atoms. The summed E-state index contributed by atoms with van der Waals surface area (Å²) in [6, 6.07) is 5.12. The molecule has 0 aromatic carbocycles. The molecule has 4 rings (SSSR count). The Morgan fingerprint density at radius 3 is 2.48 bits per heavy atom. The zero-order valence-electron chi connectivity index (χ0n) is 13.4. The van der Waals surface area contributed by atoms with E-state index in [1.54, 1.807) is 0 Å². The van der Waals surface area contributed by atoms with Gasteiger partial charge in [0.2, 0.25) is 5.91 Å². The van der Waals surface area contributed by atoms with E-state index in [0.29, 0.717) is 25.0 Å². The van der Waals surface area contributed by atoms with E-state index < -0.39 is 0 Å². The second-order valence-corrected chi connectivity index (χ2v) is 6.91. The molecule has 6 nitrogen and oxygen atoms in total. The first-order chi connectivity index (χ1) is 11.1. The normalized spacial score (nSPS) is 30.6. The molecule has 1 N–H and O–H groups in total. The molecule has 23 heavy (non-hydrogen) atoms. The summed E-state index contributed by atoms with van der Waals surface area (Å²) in [7, 11) is 0. The third-order valence-corrected chi connectivity index (χ3v) is 5.40. The summed E-state index contributed by atoms with van der Waals surface area (Å²) >= 11 is 0. The van der Waals surface area contributed by atoms with Crippen LogP contribution in [-0.4, -0.2) is 46.5 Å². The van der Waals surface area contributed by atoms with Gasteiger partial charge in [0, 0.05) is 37.3 Å². The molecule has 0 spiro atoms. The molecule has 4 heterocycles. The summed E-state index contributed by atoms with van der Waals surface area (Å²) in [6.45, 7) is 2.60. The lowest BCUT2D eigenvalue weighted by atomic mass is 9.95. The van der Waals surface area contributed by atoms with E-state index in [4.69, 9.17) is 0 Å². The van der Waals surface area contributed by atoms with Crippen molar-refractivity contribution in [3.05, 3.63) is 23.9 Å². The predicted molar refractivity (Wildman–Crippen MR) is 86.1 cm³/mol. The molecule has 0 radical (unpaired) electrons. The van der Waals surface area contributed by atoms with Crippen LogP contribution in [0.2, 0.25) is 0 Å². The minimum atomic E-state index is -0.215. The third-order valence-electron chi connectivity index (χ3n) is 5.40. The Labute approximate surface area is 135 Å². The van der Waals surface area contributed by atoms with Gasteiger partial charge in [-0.3, -0.25) is 10.1 Å². The van der Waals surface area contributed by atoms with Crippen molar-refractivity contribution in [2.24, 2.45) is 0 Å². The van der Waals surface area contributed by atoms with E-state index in [0.717, 1.165) is 31.5 Å². The summed E-state index contributed by atoms with van der Waals surface area (Å²) in [5, 5.41) is 2.45. The van der Waals surface area contributed by atoms with Crippen LogP contribution in [0, 0.1) is 6.92 Å². The molecule has 3 aliphatic rings. The standard InChI is InChI=1S/C17H22N4O2/c1-11-2-5-15(18-10-11)21-12-3-4-13(21)9-14(8-12)20-7-6-16(22)19-17(20)23/h2,5,10,12-14H,3-4,6-9H2,1H3,(H,19,22,23).